The van der Waals surface area contributed by atoms with Crippen molar-refractivity contribution in [2.75, 3.05) is 18.0 Å². The Morgan fingerprint density at radius 1 is 1.07 bits per heavy atom. The molecule has 2 aliphatic rings. The highest BCUT2D eigenvalue weighted by atomic mass is 19.1. The summed E-state index contributed by atoms with van der Waals surface area (Å²) < 4.78 is 14.0. The zero-order valence-corrected chi connectivity index (χ0v) is 15.1. The zero-order valence-electron chi connectivity index (χ0n) is 15.1. The molecule has 27 heavy (non-hydrogen) atoms. The lowest BCUT2D eigenvalue weighted by atomic mass is 10.1. The number of benzene rings is 2. The Morgan fingerprint density at radius 3 is 2.48 bits per heavy atom. The molecule has 1 aliphatic heterocycles. The summed E-state index contributed by atoms with van der Waals surface area (Å²) in [6.07, 6.45) is 6.12. The zero-order chi connectivity index (χ0) is 18.6. The number of nitrogens with one attached hydrogen (secondary N) is 1. The first-order valence-corrected chi connectivity index (χ1v) is 9.37. The van der Waals surface area contributed by atoms with Crippen molar-refractivity contribution >= 4 is 11.9 Å². The van der Waals surface area contributed by atoms with Crippen molar-refractivity contribution in [2.24, 2.45) is 5.10 Å². The van der Waals surface area contributed by atoms with E-state index in [-0.39, 0.29) is 0 Å². The second kappa shape index (κ2) is 7.71. The summed E-state index contributed by atoms with van der Waals surface area (Å²) in [5.74, 6) is 4.93. The lowest BCUT2D eigenvalue weighted by Crippen LogP contribution is -2.17. The van der Waals surface area contributed by atoms with E-state index in [0.717, 1.165) is 31.5 Å². The summed E-state index contributed by atoms with van der Waals surface area (Å²) in [6.45, 7) is 2.22. The Balaban J connectivity index is 1.50. The van der Waals surface area contributed by atoms with E-state index in [4.69, 9.17) is 0 Å². The van der Waals surface area contributed by atoms with Gasteiger partial charge in [0.2, 0.25) is 0 Å². The molecule has 5 heteroatoms. The summed E-state index contributed by atoms with van der Waals surface area (Å²) in [4.78, 5) is 2.37. The molecule has 1 saturated heterocycles. The fourth-order valence-electron chi connectivity index (χ4n) is 3.09. The first kappa shape index (κ1) is 17.4. The van der Waals surface area contributed by atoms with Crippen LogP contribution in [0.4, 0.5) is 10.1 Å². The van der Waals surface area contributed by atoms with Crippen LogP contribution >= 0.6 is 0 Å². The Hall–Kier alpha value is -3.00. The molecule has 0 spiro atoms. The number of nitrogens with zero attached hydrogens (tertiary/aromatic N) is 2. The summed E-state index contributed by atoms with van der Waals surface area (Å²) >= 11 is 0. The Labute approximate surface area is 158 Å². The van der Waals surface area contributed by atoms with E-state index in [1.165, 1.54) is 30.8 Å². The molecule has 1 heterocycles. The van der Waals surface area contributed by atoms with Gasteiger partial charge in [0.25, 0.3) is 0 Å². The SMILES string of the molecule is Oc1c(F)cc(C#Cc2ccc(N3CCCC3)cc2)cc1/C=N/NC1CC1. The lowest BCUT2D eigenvalue weighted by Gasteiger charge is -2.17. The molecule has 2 N–H and O–H groups in total. The van der Waals surface area contributed by atoms with Crippen LogP contribution in [0.5, 0.6) is 5.75 Å². The van der Waals surface area contributed by atoms with Crippen molar-refractivity contribution in [3.05, 3.63) is 58.9 Å². The van der Waals surface area contributed by atoms with Gasteiger partial charge < -0.3 is 15.4 Å². The number of phenols is 1. The Kier molecular flexibility index (Phi) is 4.97. The van der Waals surface area contributed by atoms with E-state index in [2.05, 4.69) is 39.4 Å². The van der Waals surface area contributed by atoms with Gasteiger partial charge in [-0.2, -0.15) is 5.10 Å². The van der Waals surface area contributed by atoms with Crippen LogP contribution in [0.1, 0.15) is 42.4 Å². The first-order valence-electron chi connectivity index (χ1n) is 9.37. The maximum absolute atomic E-state index is 14.0. The number of phenolic OH excluding ortho intramolecular Hbond substituents is 1. The van der Waals surface area contributed by atoms with E-state index in [0.29, 0.717) is 17.2 Å². The number of hydrazone groups is 1. The lowest BCUT2D eigenvalue weighted by molar-refractivity contribution is 0.431. The fraction of sp³-hybridized carbons (Fsp3) is 0.318. The van der Waals surface area contributed by atoms with Crippen molar-refractivity contribution in [2.45, 2.75) is 31.7 Å². The molecule has 0 bridgehead atoms. The molecule has 1 aliphatic carbocycles. The average molecular weight is 363 g/mol. The number of rotatable bonds is 4. The Morgan fingerprint density at radius 2 is 1.78 bits per heavy atom. The maximum Gasteiger partial charge on any atom is 0.166 e. The Bertz CT molecular complexity index is 902. The smallest absolute Gasteiger partial charge is 0.166 e. The number of halogens is 1. The van der Waals surface area contributed by atoms with Crippen LogP contribution in [0.3, 0.4) is 0 Å². The van der Waals surface area contributed by atoms with Crippen LogP contribution in [0, 0.1) is 17.7 Å². The van der Waals surface area contributed by atoms with E-state index in [9.17, 15) is 9.50 Å². The maximum atomic E-state index is 14.0. The number of aromatic hydroxyl groups is 1. The fourth-order valence-corrected chi connectivity index (χ4v) is 3.09. The van der Waals surface area contributed by atoms with Gasteiger partial charge in [0.1, 0.15) is 0 Å². The second-order valence-corrected chi connectivity index (χ2v) is 7.05. The van der Waals surface area contributed by atoms with Crippen LogP contribution in [0.2, 0.25) is 0 Å². The average Bonchev–Trinajstić information content (AvgIpc) is 3.34. The highest BCUT2D eigenvalue weighted by Crippen LogP contribution is 2.23. The van der Waals surface area contributed by atoms with Crippen LogP contribution in [-0.4, -0.2) is 30.5 Å². The minimum absolute atomic E-state index is 0.317. The van der Waals surface area contributed by atoms with E-state index in [1.807, 2.05) is 12.1 Å². The third-order valence-electron chi connectivity index (χ3n) is 4.82. The van der Waals surface area contributed by atoms with Crippen molar-refractivity contribution in [3.63, 3.8) is 0 Å². The summed E-state index contributed by atoms with van der Waals surface area (Å²) in [5.41, 5.74) is 5.86. The standard InChI is InChI=1S/C22H22FN3O/c23-21-14-17(13-18(22(21)27)15-24-25-19-7-8-19)4-3-16-5-9-20(10-6-16)26-11-1-2-12-26/h5-6,9-10,13-15,19,25,27H,1-2,7-8,11-12H2/b24-15+. The summed E-state index contributed by atoms with van der Waals surface area (Å²) in [5, 5.41) is 13.9. The van der Waals surface area contributed by atoms with Crippen LogP contribution < -0.4 is 10.3 Å². The third-order valence-corrected chi connectivity index (χ3v) is 4.82. The molecule has 0 aromatic heterocycles. The van der Waals surface area contributed by atoms with Crippen LogP contribution in [0.15, 0.2) is 41.5 Å². The highest BCUT2D eigenvalue weighted by Gasteiger charge is 2.19. The molecule has 4 rings (SSSR count). The molecule has 2 aromatic rings. The summed E-state index contributed by atoms with van der Waals surface area (Å²) in [7, 11) is 0. The predicted octanol–water partition coefficient (Wildman–Crippen LogP) is 3.62. The minimum atomic E-state index is -0.695. The van der Waals surface area contributed by atoms with Crippen molar-refractivity contribution in [3.8, 4) is 17.6 Å². The van der Waals surface area contributed by atoms with Crippen molar-refractivity contribution < 1.29 is 9.50 Å². The van der Waals surface area contributed by atoms with E-state index < -0.39 is 11.6 Å². The van der Waals surface area contributed by atoms with Crippen LogP contribution in [-0.2, 0) is 0 Å². The molecule has 0 radical (unpaired) electrons. The highest BCUT2D eigenvalue weighted by molar-refractivity contribution is 5.84. The van der Waals surface area contributed by atoms with Crippen molar-refractivity contribution in [1.82, 2.24) is 5.43 Å². The monoisotopic (exact) mass is 363 g/mol. The topological polar surface area (TPSA) is 47.9 Å². The molecular weight excluding hydrogens is 341 g/mol. The molecular formula is C22H22FN3O. The van der Waals surface area contributed by atoms with Gasteiger partial charge in [0.15, 0.2) is 11.6 Å². The molecule has 4 nitrogen and oxygen atoms in total. The van der Waals surface area contributed by atoms with Crippen molar-refractivity contribution in [1.29, 1.82) is 0 Å². The molecule has 0 atom stereocenters. The third kappa shape index (κ3) is 4.40. The van der Waals surface area contributed by atoms with Crippen LogP contribution in [0.25, 0.3) is 0 Å². The predicted molar refractivity (Wildman–Crippen MR) is 106 cm³/mol. The quantitative estimate of drug-likeness (QED) is 0.496. The van der Waals surface area contributed by atoms with Gasteiger partial charge in [-0.05, 0) is 62.1 Å². The molecule has 138 valence electrons. The van der Waals surface area contributed by atoms with Gasteiger partial charge in [-0.15, -0.1) is 0 Å². The second-order valence-electron chi connectivity index (χ2n) is 7.05. The van der Waals surface area contributed by atoms with Gasteiger partial charge in [-0.25, -0.2) is 4.39 Å². The molecule has 2 aromatic carbocycles. The molecule has 1 saturated carbocycles. The largest absolute Gasteiger partial charge is 0.504 e. The first-order chi connectivity index (χ1) is 13.2. The number of hydrogen-bond acceptors (Lipinski definition) is 4. The van der Waals surface area contributed by atoms with Gasteiger partial charge in [-0.1, -0.05) is 11.8 Å². The summed E-state index contributed by atoms with van der Waals surface area (Å²) in [6, 6.07) is 11.4. The van der Waals surface area contributed by atoms with E-state index >= 15 is 0 Å². The van der Waals surface area contributed by atoms with Gasteiger partial charge in [0.05, 0.1) is 6.21 Å². The minimum Gasteiger partial charge on any atom is -0.504 e. The number of hydrogen-bond donors (Lipinski definition) is 2. The van der Waals surface area contributed by atoms with Gasteiger partial charge >= 0.3 is 0 Å². The van der Waals surface area contributed by atoms with E-state index in [1.54, 1.807) is 6.07 Å². The number of anilines is 1. The molecule has 2 fully saturated rings. The van der Waals surface area contributed by atoms with Gasteiger partial charge in [0, 0.05) is 41.5 Å². The normalized spacial score (nSPS) is 16.4. The molecule has 0 unspecified atom stereocenters. The molecule has 0 amide bonds. The van der Waals surface area contributed by atoms with Gasteiger partial charge in [-0.3, -0.25) is 0 Å².